The van der Waals surface area contributed by atoms with Crippen molar-refractivity contribution in [2.45, 2.75) is 51.4 Å². The first-order valence-electron chi connectivity index (χ1n) is 19.3. The first-order chi connectivity index (χ1) is 28.2. The van der Waals surface area contributed by atoms with E-state index in [1.807, 2.05) is 89.6 Å². The Labute approximate surface area is 337 Å². The molecule has 2 aliphatic rings. The Balaban J connectivity index is 1.06. The van der Waals surface area contributed by atoms with Crippen molar-refractivity contribution in [1.29, 1.82) is 0 Å². The van der Waals surface area contributed by atoms with Gasteiger partial charge in [-0.1, -0.05) is 62.0 Å². The molecule has 0 unspecified atom stereocenters. The predicted molar refractivity (Wildman–Crippen MR) is 224 cm³/mol. The topological polar surface area (TPSA) is 144 Å². The maximum Gasteiger partial charge on any atom is 0.253 e. The average Bonchev–Trinajstić information content (AvgIpc) is 4.07. The number of nitrogen functional groups attached to an aromatic ring is 1. The van der Waals surface area contributed by atoms with Crippen LogP contribution in [-0.2, 0) is 22.5 Å². The van der Waals surface area contributed by atoms with E-state index in [-0.39, 0.29) is 11.9 Å². The minimum atomic E-state index is -1.81. The summed E-state index contributed by atoms with van der Waals surface area (Å²) in [5, 5.41) is 7.74. The van der Waals surface area contributed by atoms with E-state index in [4.69, 9.17) is 29.9 Å². The zero-order chi connectivity index (χ0) is 39.8. The van der Waals surface area contributed by atoms with Crippen molar-refractivity contribution in [1.82, 2.24) is 34.6 Å². The van der Waals surface area contributed by atoms with Crippen molar-refractivity contribution in [2.75, 3.05) is 18.9 Å². The van der Waals surface area contributed by atoms with Gasteiger partial charge in [-0.3, -0.25) is 9.36 Å². The third-order valence-corrected chi connectivity index (χ3v) is 11.0. The van der Waals surface area contributed by atoms with Crippen molar-refractivity contribution >= 4 is 31.0 Å². The molecule has 12 nitrogen and oxygen atoms in total. The van der Waals surface area contributed by atoms with Gasteiger partial charge in [-0.05, 0) is 84.1 Å². The smallest absolute Gasteiger partial charge is 0.253 e. The number of fused-ring (bicyclic) bond motifs is 2. The van der Waals surface area contributed by atoms with E-state index < -0.39 is 14.4 Å². The van der Waals surface area contributed by atoms with Crippen LogP contribution in [0.15, 0.2) is 110 Å². The largest absolute Gasteiger partial charge is 0.488 e. The number of rotatable bonds is 9. The van der Waals surface area contributed by atoms with Crippen LogP contribution in [0, 0.1) is 11.5 Å². The quantitative estimate of drug-likeness (QED) is 0.112. The number of hydrogen-bond acceptors (Lipinski definition) is 9. The molecule has 3 N–H and O–H groups in total. The number of benzene rings is 3. The van der Waals surface area contributed by atoms with Gasteiger partial charge in [-0.25, -0.2) is 19.6 Å². The van der Waals surface area contributed by atoms with Gasteiger partial charge >= 0.3 is 0 Å². The maximum absolute atomic E-state index is 14.4. The van der Waals surface area contributed by atoms with Gasteiger partial charge in [0.05, 0.1) is 35.9 Å². The molecule has 0 radical (unpaired) electrons. The fourth-order valence-electron chi connectivity index (χ4n) is 7.37. The lowest BCUT2D eigenvalue weighted by Crippen LogP contribution is -2.28. The number of aryl methyl sites for hydroxylation is 1. The summed E-state index contributed by atoms with van der Waals surface area (Å²) in [6, 6.07) is 29.2. The molecule has 1 aliphatic carbocycles. The Morgan fingerprint density at radius 1 is 0.948 bits per heavy atom. The van der Waals surface area contributed by atoms with Crippen LogP contribution in [0.2, 0.25) is 19.6 Å². The Morgan fingerprint density at radius 2 is 1.79 bits per heavy atom. The molecule has 58 heavy (non-hydrogen) atoms. The summed E-state index contributed by atoms with van der Waals surface area (Å²) in [6.07, 6.45) is 6.08. The van der Waals surface area contributed by atoms with Crippen LogP contribution in [0.1, 0.15) is 56.9 Å². The van der Waals surface area contributed by atoms with Gasteiger partial charge in [0.2, 0.25) is 0 Å². The van der Waals surface area contributed by atoms with Crippen LogP contribution in [0.5, 0.6) is 5.75 Å². The van der Waals surface area contributed by atoms with E-state index in [2.05, 4.69) is 58.6 Å². The van der Waals surface area contributed by atoms with E-state index in [0.717, 1.165) is 35.2 Å². The van der Waals surface area contributed by atoms with Crippen molar-refractivity contribution in [3.8, 4) is 40.1 Å². The van der Waals surface area contributed by atoms with E-state index in [1.54, 1.807) is 17.1 Å². The molecule has 7 aromatic rings. The number of imidazole rings is 1. The minimum Gasteiger partial charge on any atom is -0.488 e. The molecule has 290 valence electrons. The van der Waals surface area contributed by atoms with Gasteiger partial charge < -0.3 is 25.3 Å². The Morgan fingerprint density at radius 3 is 2.57 bits per heavy atom. The lowest BCUT2D eigenvalue weighted by atomic mass is 10.0. The van der Waals surface area contributed by atoms with Gasteiger partial charge in [-0.2, -0.15) is 5.10 Å². The molecule has 9 rings (SSSR count). The van der Waals surface area contributed by atoms with Gasteiger partial charge in [-0.15, -0.1) is 5.54 Å². The number of aromatic nitrogens is 6. The molecular formula is C45H42N8O4Si. The molecule has 0 saturated carbocycles. The second-order valence-electron chi connectivity index (χ2n) is 15.4. The highest BCUT2D eigenvalue weighted by atomic mass is 28.3. The average molecular weight is 787 g/mol. The molecule has 0 spiro atoms. The Hall–Kier alpha value is -6.59. The Kier molecular flexibility index (Phi) is 9.82. The highest BCUT2D eigenvalue weighted by molar-refractivity contribution is 6.83. The lowest BCUT2D eigenvalue weighted by Gasteiger charge is -2.20. The fraction of sp³-hybridized carbons (Fsp3) is 0.222. The summed E-state index contributed by atoms with van der Waals surface area (Å²) < 4.78 is 22.0. The lowest BCUT2D eigenvalue weighted by molar-refractivity contribution is -0.0459. The number of carbonyl (C=O) groups excluding carboxylic acids is 1. The number of pyridine rings is 2. The Bertz CT molecular complexity index is 2710. The van der Waals surface area contributed by atoms with E-state index in [9.17, 15) is 4.79 Å². The van der Waals surface area contributed by atoms with E-state index in [1.165, 1.54) is 0 Å². The number of carbonyl (C=O) groups is 1. The summed E-state index contributed by atoms with van der Waals surface area (Å²) >= 11 is 0. The van der Waals surface area contributed by atoms with Gasteiger partial charge in [0.1, 0.15) is 31.8 Å². The number of ether oxygens (including phenoxy) is 3. The fourth-order valence-corrected chi connectivity index (χ4v) is 7.87. The number of nitrogens with one attached hydrogen (secondary N) is 1. The van der Waals surface area contributed by atoms with Crippen molar-refractivity contribution in [2.24, 2.45) is 0 Å². The molecule has 1 atom stereocenters. The summed E-state index contributed by atoms with van der Waals surface area (Å²) in [5.74, 6) is 5.38. The highest BCUT2D eigenvalue weighted by Crippen LogP contribution is 2.38. The zero-order valence-corrected chi connectivity index (χ0v) is 33.5. The first kappa shape index (κ1) is 37.0. The van der Waals surface area contributed by atoms with Crippen LogP contribution in [0.4, 0.5) is 5.82 Å². The van der Waals surface area contributed by atoms with Crippen LogP contribution >= 0.6 is 0 Å². The van der Waals surface area contributed by atoms with E-state index in [0.29, 0.717) is 76.4 Å². The zero-order valence-electron chi connectivity index (χ0n) is 32.5. The molecule has 1 aliphatic heterocycles. The second-order valence-corrected chi connectivity index (χ2v) is 20.2. The number of nitrogens with two attached hydrogens (primary N) is 1. The normalized spacial score (nSPS) is 15.3. The van der Waals surface area contributed by atoms with Crippen molar-refractivity contribution in [3.63, 3.8) is 0 Å². The predicted octanol–water partition coefficient (Wildman–Crippen LogP) is 7.52. The standard InChI is InChI=1S/C45H42N8O4Si/c1-58(2,3)24-18-31-26-39(57-28-29-9-5-4-6-10-29)36(45-55-22-23-56-45)27-35(31)44(54)50-37-15-12-30-25-32(13-14-33(30)37)53-42(34-11-7-19-47-41(34)46)49-38-16-17-40(51-43(38)53)52-21-8-20-48-52/h4-11,13-14,16-17,19-21,25-27,37,45H,12,15,22-23,28H2,1-3H3,(H2,46,47)(H,50,54)/t37-/m0/s1. The molecule has 4 aromatic heterocycles. The van der Waals surface area contributed by atoms with Crippen LogP contribution in [-0.4, -0.2) is 56.5 Å². The van der Waals surface area contributed by atoms with Gasteiger partial charge in [0, 0.05) is 29.8 Å². The summed E-state index contributed by atoms with van der Waals surface area (Å²) in [6.45, 7) is 7.80. The van der Waals surface area contributed by atoms with Crippen LogP contribution in [0.25, 0.3) is 34.1 Å². The third-order valence-electron chi connectivity index (χ3n) is 10.2. The molecule has 1 amide bonds. The SMILES string of the molecule is C[Si](C)(C)C#Cc1cc(OCc2ccccc2)c(C2OCCO2)cc1C(=O)N[C@H]1CCc2cc(-n3c(-c4cccnc4N)nc4ccc(-n5cccn5)nc43)ccc21. The second kappa shape index (κ2) is 15.4. The van der Waals surface area contributed by atoms with Crippen LogP contribution in [0.3, 0.4) is 0 Å². The monoisotopic (exact) mass is 786 g/mol. The van der Waals surface area contributed by atoms with Crippen LogP contribution < -0.4 is 15.8 Å². The summed E-state index contributed by atoms with van der Waals surface area (Å²) in [4.78, 5) is 28.8. The summed E-state index contributed by atoms with van der Waals surface area (Å²) in [7, 11) is -1.81. The van der Waals surface area contributed by atoms with Crippen molar-refractivity contribution < 1.29 is 19.0 Å². The molecule has 13 heteroatoms. The van der Waals surface area contributed by atoms with Gasteiger partial charge in [0.25, 0.3) is 5.91 Å². The van der Waals surface area contributed by atoms with Gasteiger partial charge in [0.15, 0.2) is 23.6 Å². The number of hydrogen-bond donors (Lipinski definition) is 2. The molecule has 0 bridgehead atoms. The number of amides is 1. The molecule has 1 saturated heterocycles. The van der Waals surface area contributed by atoms with E-state index >= 15 is 0 Å². The molecular weight excluding hydrogens is 745 g/mol. The molecule has 3 aromatic carbocycles. The highest BCUT2D eigenvalue weighted by Gasteiger charge is 2.30. The maximum atomic E-state index is 14.4. The number of nitrogens with zero attached hydrogens (tertiary/aromatic N) is 6. The van der Waals surface area contributed by atoms with Crippen molar-refractivity contribution in [3.05, 3.63) is 143 Å². The summed E-state index contributed by atoms with van der Waals surface area (Å²) in [5.41, 5.74) is 17.7. The first-order valence-corrected chi connectivity index (χ1v) is 22.8. The number of anilines is 1. The minimum absolute atomic E-state index is 0.219. The molecule has 5 heterocycles. The third kappa shape index (κ3) is 7.48. The molecule has 1 fully saturated rings.